The van der Waals surface area contributed by atoms with E-state index < -0.39 is 0 Å². The highest BCUT2D eigenvalue weighted by Crippen LogP contribution is 2.18. The summed E-state index contributed by atoms with van der Waals surface area (Å²) in [7, 11) is 0. The average Bonchev–Trinajstić information content (AvgIpc) is 3.23. The summed E-state index contributed by atoms with van der Waals surface area (Å²) in [6.07, 6.45) is 2.90. The largest absolute Gasteiger partial charge is 0.326 e. The van der Waals surface area contributed by atoms with Gasteiger partial charge < -0.3 is 16.0 Å². The van der Waals surface area contributed by atoms with Crippen LogP contribution < -0.4 is 16.0 Å². The van der Waals surface area contributed by atoms with Crippen LogP contribution in [0.15, 0.2) is 24.3 Å². The lowest BCUT2D eigenvalue weighted by molar-refractivity contribution is -0.119. The lowest BCUT2D eigenvalue weighted by Crippen LogP contribution is -2.23. The van der Waals surface area contributed by atoms with Crippen LogP contribution >= 0.6 is 0 Å². The molecule has 2 rings (SSSR count). The molecule has 21 heavy (non-hydrogen) atoms. The molecule has 0 atom stereocenters. The summed E-state index contributed by atoms with van der Waals surface area (Å²) < 4.78 is 0. The number of carbonyl (C=O) groups is 2. The third-order valence-corrected chi connectivity index (χ3v) is 3.30. The number of rotatable bonds is 7. The number of anilines is 2. The van der Waals surface area contributed by atoms with E-state index in [-0.39, 0.29) is 17.7 Å². The molecule has 5 heteroatoms. The summed E-state index contributed by atoms with van der Waals surface area (Å²) >= 11 is 0. The molecular formula is C16H23N3O2. The molecule has 1 fully saturated rings. The van der Waals surface area contributed by atoms with Gasteiger partial charge in [0, 0.05) is 36.3 Å². The van der Waals surface area contributed by atoms with Crippen LogP contribution in [0.3, 0.4) is 0 Å². The van der Waals surface area contributed by atoms with E-state index in [0.29, 0.717) is 30.4 Å². The van der Waals surface area contributed by atoms with Crippen molar-refractivity contribution in [2.45, 2.75) is 39.2 Å². The molecule has 2 amide bonds. The van der Waals surface area contributed by atoms with Gasteiger partial charge in [0.1, 0.15) is 0 Å². The molecule has 1 aromatic rings. The third kappa shape index (κ3) is 5.55. The van der Waals surface area contributed by atoms with E-state index in [1.165, 1.54) is 12.8 Å². The lowest BCUT2D eigenvalue weighted by Gasteiger charge is -2.10. The number of nitrogens with one attached hydrogen (secondary N) is 3. The molecule has 0 saturated heterocycles. The summed E-state index contributed by atoms with van der Waals surface area (Å²) in [4.78, 5) is 23.5. The Kier molecular flexibility index (Phi) is 5.33. The first-order valence-electron chi connectivity index (χ1n) is 7.49. The minimum Gasteiger partial charge on any atom is -0.326 e. The average molecular weight is 289 g/mol. The van der Waals surface area contributed by atoms with E-state index in [1.807, 2.05) is 32.0 Å². The second kappa shape index (κ2) is 7.22. The zero-order valence-corrected chi connectivity index (χ0v) is 12.6. The van der Waals surface area contributed by atoms with Crippen molar-refractivity contribution in [1.29, 1.82) is 0 Å². The summed E-state index contributed by atoms with van der Waals surface area (Å²) in [5, 5.41) is 8.97. The van der Waals surface area contributed by atoms with Gasteiger partial charge in [0.2, 0.25) is 11.8 Å². The van der Waals surface area contributed by atoms with Gasteiger partial charge in [-0.15, -0.1) is 0 Å². The van der Waals surface area contributed by atoms with Crippen molar-refractivity contribution in [3.8, 4) is 0 Å². The Morgan fingerprint density at radius 2 is 1.86 bits per heavy atom. The molecule has 1 aliphatic carbocycles. The van der Waals surface area contributed by atoms with Crippen molar-refractivity contribution in [2.24, 2.45) is 5.92 Å². The minimum atomic E-state index is -0.0725. The monoisotopic (exact) mass is 289 g/mol. The topological polar surface area (TPSA) is 70.2 Å². The van der Waals surface area contributed by atoms with E-state index in [9.17, 15) is 9.59 Å². The highest BCUT2D eigenvalue weighted by molar-refractivity contribution is 5.94. The first-order valence-corrected chi connectivity index (χ1v) is 7.49. The van der Waals surface area contributed by atoms with Crippen molar-refractivity contribution in [2.75, 3.05) is 17.2 Å². The van der Waals surface area contributed by atoms with Crippen LogP contribution in [0.1, 0.15) is 33.1 Å². The highest BCUT2D eigenvalue weighted by Gasteiger charge is 2.20. The molecule has 1 aromatic carbocycles. The van der Waals surface area contributed by atoms with Crippen LogP contribution in [0.25, 0.3) is 0 Å². The van der Waals surface area contributed by atoms with E-state index in [1.54, 1.807) is 6.07 Å². The molecule has 0 unspecified atom stereocenters. The smallest absolute Gasteiger partial charge is 0.226 e. The molecule has 1 aliphatic rings. The predicted octanol–water partition coefficient (Wildman–Crippen LogP) is 2.36. The number of hydrogen-bond donors (Lipinski definition) is 3. The van der Waals surface area contributed by atoms with E-state index >= 15 is 0 Å². The number of amides is 2. The number of benzene rings is 1. The quantitative estimate of drug-likeness (QED) is 0.721. The van der Waals surface area contributed by atoms with Crippen molar-refractivity contribution in [3.05, 3.63) is 24.3 Å². The highest BCUT2D eigenvalue weighted by atomic mass is 16.2. The first kappa shape index (κ1) is 15.5. The Morgan fingerprint density at radius 1 is 1.19 bits per heavy atom. The fourth-order valence-corrected chi connectivity index (χ4v) is 1.86. The Hall–Kier alpha value is -1.88. The number of hydrogen-bond acceptors (Lipinski definition) is 3. The van der Waals surface area contributed by atoms with E-state index in [4.69, 9.17) is 0 Å². The molecule has 5 nitrogen and oxygen atoms in total. The Bertz CT molecular complexity index is 510. The van der Waals surface area contributed by atoms with Crippen LogP contribution in [-0.2, 0) is 9.59 Å². The summed E-state index contributed by atoms with van der Waals surface area (Å²) in [6, 6.07) is 7.83. The third-order valence-electron chi connectivity index (χ3n) is 3.30. The van der Waals surface area contributed by atoms with Gasteiger partial charge >= 0.3 is 0 Å². The van der Waals surface area contributed by atoms with E-state index in [2.05, 4.69) is 16.0 Å². The van der Waals surface area contributed by atoms with Gasteiger partial charge in [0.15, 0.2) is 0 Å². The molecule has 0 aliphatic heterocycles. The number of carbonyl (C=O) groups excluding carboxylic acids is 2. The first-order chi connectivity index (χ1) is 10.0. The molecule has 0 heterocycles. The van der Waals surface area contributed by atoms with Gasteiger partial charge in [-0.1, -0.05) is 19.9 Å². The molecule has 0 aromatic heterocycles. The summed E-state index contributed by atoms with van der Waals surface area (Å²) in [5.74, 6) is -0.126. The van der Waals surface area contributed by atoms with Gasteiger partial charge in [0.25, 0.3) is 0 Å². The van der Waals surface area contributed by atoms with Crippen molar-refractivity contribution < 1.29 is 9.59 Å². The second-order valence-corrected chi connectivity index (χ2v) is 5.75. The Morgan fingerprint density at radius 3 is 2.48 bits per heavy atom. The Labute approximate surface area is 125 Å². The Balaban J connectivity index is 1.81. The molecule has 114 valence electrons. The van der Waals surface area contributed by atoms with Crippen LogP contribution in [-0.4, -0.2) is 24.4 Å². The molecule has 1 saturated carbocycles. The molecular weight excluding hydrogens is 266 g/mol. The normalized spacial score (nSPS) is 14.0. The molecule has 0 spiro atoms. The van der Waals surface area contributed by atoms with Gasteiger partial charge in [-0.3, -0.25) is 9.59 Å². The SMILES string of the molecule is CC(C)C(=O)Nc1cccc(NC(=O)CCNC2CC2)c1. The predicted molar refractivity (Wildman–Crippen MR) is 84.2 cm³/mol. The van der Waals surface area contributed by atoms with Crippen molar-refractivity contribution in [3.63, 3.8) is 0 Å². The van der Waals surface area contributed by atoms with Crippen LogP contribution in [0.2, 0.25) is 0 Å². The van der Waals surface area contributed by atoms with Gasteiger partial charge in [-0.05, 0) is 31.0 Å². The van der Waals surface area contributed by atoms with Gasteiger partial charge in [-0.2, -0.15) is 0 Å². The maximum atomic E-state index is 11.8. The fourth-order valence-electron chi connectivity index (χ4n) is 1.86. The van der Waals surface area contributed by atoms with Crippen LogP contribution in [0.4, 0.5) is 11.4 Å². The van der Waals surface area contributed by atoms with Crippen LogP contribution in [0.5, 0.6) is 0 Å². The maximum absolute atomic E-state index is 11.8. The molecule has 0 radical (unpaired) electrons. The molecule has 0 bridgehead atoms. The minimum absolute atomic E-state index is 0.0181. The zero-order valence-electron chi connectivity index (χ0n) is 12.6. The standard InChI is InChI=1S/C16H23N3O2/c1-11(2)16(21)19-14-5-3-4-13(10-14)18-15(20)8-9-17-12-6-7-12/h3-5,10-12,17H,6-9H2,1-2H3,(H,18,20)(H,19,21). The van der Waals surface area contributed by atoms with Gasteiger partial charge in [0.05, 0.1) is 0 Å². The maximum Gasteiger partial charge on any atom is 0.226 e. The molecule has 3 N–H and O–H groups in total. The summed E-state index contributed by atoms with van der Waals surface area (Å²) in [5.41, 5.74) is 1.40. The second-order valence-electron chi connectivity index (χ2n) is 5.75. The van der Waals surface area contributed by atoms with Crippen molar-refractivity contribution in [1.82, 2.24) is 5.32 Å². The fraction of sp³-hybridized carbons (Fsp3) is 0.500. The van der Waals surface area contributed by atoms with Crippen LogP contribution in [0, 0.1) is 5.92 Å². The van der Waals surface area contributed by atoms with Gasteiger partial charge in [-0.25, -0.2) is 0 Å². The van der Waals surface area contributed by atoms with Crippen molar-refractivity contribution >= 4 is 23.2 Å². The summed E-state index contributed by atoms with van der Waals surface area (Å²) in [6.45, 7) is 4.39. The lowest BCUT2D eigenvalue weighted by atomic mass is 10.2. The van der Waals surface area contributed by atoms with E-state index in [0.717, 1.165) is 0 Å². The zero-order chi connectivity index (χ0) is 15.2.